The Morgan fingerprint density at radius 1 is 1.11 bits per heavy atom. The zero-order chi connectivity index (χ0) is 20.3. The van der Waals surface area contributed by atoms with Crippen LogP contribution in [0.1, 0.15) is 10.4 Å². The highest BCUT2D eigenvalue weighted by molar-refractivity contribution is 7.90. The molecule has 146 valence electrons. The monoisotopic (exact) mass is 418 g/mol. The fourth-order valence-electron chi connectivity index (χ4n) is 2.50. The Morgan fingerprint density at radius 2 is 1.89 bits per heavy atom. The van der Waals surface area contributed by atoms with Crippen LogP contribution < -0.4 is 14.8 Å². The average molecular weight is 418 g/mol. The van der Waals surface area contributed by atoms with E-state index in [1.165, 1.54) is 29.5 Å². The van der Waals surface area contributed by atoms with E-state index in [1.807, 2.05) is 6.07 Å². The van der Waals surface area contributed by atoms with E-state index in [-0.39, 0.29) is 10.5 Å². The molecule has 0 bridgehead atoms. The summed E-state index contributed by atoms with van der Waals surface area (Å²) in [6.07, 6.45) is 1.10. The third kappa shape index (κ3) is 4.32. The molecule has 0 saturated carbocycles. The fourth-order valence-corrected chi connectivity index (χ4v) is 3.87. The maximum Gasteiger partial charge on any atom is 0.257 e. The van der Waals surface area contributed by atoms with Gasteiger partial charge in [0, 0.05) is 28.8 Å². The Bertz CT molecular complexity index is 1120. The molecule has 3 aromatic rings. The maximum absolute atomic E-state index is 12.5. The lowest BCUT2D eigenvalue weighted by molar-refractivity contribution is 0.102. The van der Waals surface area contributed by atoms with E-state index in [9.17, 15) is 13.2 Å². The van der Waals surface area contributed by atoms with Crippen LogP contribution in [0.2, 0.25) is 0 Å². The smallest absolute Gasteiger partial charge is 0.257 e. The molecular weight excluding hydrogens is 400 g/mol. The van der Waals surface area contributed by atoms with Crippen LogP contribution in [0.15, 0.2) is 52.7 Å². The molecular formula is C19H18N2O5S2. The van der Waals surface area contributed by atoms with Crippen molar-refractivity contribution in [3.8, 4) is 22.8 Å². The fraction of sp³-hybridized carbons (Fsp3) is 0.158. The number of nitrogens with zero attached hydrogens (tertiary/aromatic N) is 1. The number of sulfone groups is 1. The number of ether oxygens (including phenoxy) is 2. The molecule has 1 amide bonds. The van der Waals surface area contributed by atoms with Crippen molar-refractivity contribution in [1.29, 1.82) is 0 Å². The number of thiazole rings is 1. The van der Waals surface area contributed by atoms with Gasteiger partial charge in [0.15, 0.2) is 15.0 Å². The summed E-state index contributed by atoms with van der Waals surface area (Å²) in [6.45, 7) is 0. The third-order valence-corrected chi connectivity index (χ3v) is 5.80. The van der Waals surface area contributed by atoms with E-state index in [2.05, 4.69) is 10.3 Å². The van der Waals surface area contributed by atoms with Crippen LogP contribution in [0, 0.1) is 0 Å². The van der Waals surface area contributed by atoms with Gasteiger partial charge in [-0.05, 0) is 30.3 Å². The molecule has 28 heavy (non-hydrogen) atoms. The summed E-state index contributed by atoms with van der Waals surface area (Å²) < 4.78 is 33.9. The highest BCUT2D eigenvalue weighted by Gasteiger charge is 2.15. The van der Waals surface area contributed by atoms with Crippen LogP contribution in [0.3, 0.4) is 0 Å². The number of hydrogen-bond acceptors (Lipinski definition) is 7. The van der Waals surface area contributed by atoms with Gasteiger partial charge in [0.2, 0.25) is 0 Å². The number of hydrogen-bond donors (Lipinski definition) is 1. The Labute approximate surface area is 166 Å². The van der Waals surface area contributed by atoms with E-state index in [1.54, 1.807) is 37.8 Å². The molecule has 0 aliphatic carbocycles. The molecule has 2 aromatic carbocycles. The van der Waals surface area contributed by atoms with Crippen LogP contribution in [0.5, 0.6) is 11.5 Å². The van der Waals surface area contributed by atoms with Gasteiger partial charge in [-0.2, -0.15) is 0 Å². The molecule has 7 nitrogen and oxygen atoms in total. The van der Waals surface area contributed by atoms with Gasteiger partial charge in [0.25, 0.3) is 5.91 Å². The standard InChI is InChI=1S/C19H18N2O5S2/c1-25-13-7-8-15(17(10-13)26-2)16-11-27-19(20-16)21-18(22)12-5-4-6-14(9-12)28(3,23)24/h4-11H,1-3H3,(H,20,21,22). The van der Waals surface area contributed by atoms with Crippen LogP contribution in [0.4, 0.5) is 5.13 Å². The van der Waals surface area contributed by atoms with Gasteiger partial charge in [0.05, 0.1) is 24.8 Å². The largest absolute Gasteiger partial charge is 0.497 e. The molecule has 9 heteroatoms. The number of carbonyl (C=O) groups excluding carboxylic acids is 1. The van der Waals surface area contributed by atoms with Crippen molar-refractivity contribution < 1.29 is 22.7 Å². The number of rotatable bonds is 6. The van der Waals surface area contributed by atoms with E-state index in [0.29, 0.717) is 22.3 Å². The van der Waals surface area contributed by atoms with Crippen molar-refractivity contribution in [2.45, 2.75) is 4.90 Å². The van der Waals surface area contributed by atoms with Gasteiger partial charge >= 0.3 is 0 Å². The molecule has 0 aliphatic rings. The van der Waals surface area contributed by atoms with E-state index < -0.39 is 15.7 Å². The lowest BCUT2D eigenvalue weighted by atomic mass is 10.1. The van der Waals surface area contributed by atoms with Crippen molar-refractivity contribution in [2.24, 2.45) is 0 Å². The highest BCUT2D eigenvalue weighted by atomic mass is 32.2. The van der Waals surface area contributed by atoms with Crippen LogP contribution in [0.25, 0.3) is 11.3 Å². The topological polar surface area (TPSA) is 94.6 Å². The predicted molar refractivity (Wildman–Crippen MR) is 108 cm³/mol. The van der Waals surface area contributed by atoms with E-state index in [0.717, 1.165) is 11.8 Å². The molecule has 1 heterocycles. The van der Waals surface area contributed by atoms with E-state index in [4.69, 9.17) is 9.47 Å². The lowest BCUT2D eigenvalue weighted by Gasteiger charge is -2.08. The zero-order valence-corrected chi connectivity index (χ0v) is 17.1. The predicted octanol–water partition coefficient (Wildman–Crippen LogP) is 3.48. The lowest BCUT2D eigenvalue weighted by Crippen LogP contribution is -2.12. The van der Waals surface area contributed by atoms with Gasteiger partial charge in [-0.3, -0.25) is 10.1 Å². The maximum atomic E-state index is 12.5. The SMILES string of the molecule is COc1ccc(-c2csc(NC(=O)c3cccc(S(C)(=O)=O)c3)n2)c(OC)c1. The third-order valence-electron chi connectivity index (χ3n) is 3.93. The minimum Gasteiger partial charge on any atom is -0.497 e. The second-order valence-electron chi connectivity index (χ2n) is 5.86. The van der Waals surface area contributed by atoms with Crippen molar-refractivity contribution in [3.63, 3.8) is 0 Å². The number of amides is 1. The Morgan fingerprint density at radius 3 is 2.57 bits per heavy atom. The second-order valence-corrected chi connectivity index (χ2v) is 8.73. The number of aromatic nitrogens is 1. The summed E-state index contributed by atoms with van der Waals surface area (Å²) in [5.41, 5.74) is 1.64. The molecule has 0 saturated heterocycles. The molecule has 1 N–H and O–H groups in total. The van der Waals surface area contributed by atoms with Gasteiger partial charge in [-0.25, -0.2) is 13.4 Å². The van der Waals surface area contributed by atoms with Gasteiger partial charge < -0.3 is 9.47 Å². The Balaban J connectivity index is 1.83. The number of methoxy groups -OCH3 is 2. The van der Waals surface area contributed by atoms with Crippen molar-refractivity contribution in [2.75, 3.05) is 25.8 Å². The van der Waals surface area contributed by atoms with E-state index >= 15 is 0 Å². The molecule has 0 unspecified atom stereocenters. The molecule has 1 aromatic heterocycles. The first-order chi connectivity index (χ1) is 13.3. The molecule has 0 aliphatic heterocycles. The molecule has 3 rings (SSSR count). The average Bonchev–Trinajstić information content (AvgIpc) is 3.15. The molecule has 0 atom stereocenters. The summed E-state index contributed by atoms with van der Waals surface area (Å²) in [6, 6.07) is 11.2. The number of anilines is 1. The summed E-state index contributed by atoms with van der Waals surface area (Å²) in [4.78, 5) is 17.0. The normalized spacial score (nSPS) is 11.1. The number of carbonyl (C=O) groups is 1. The first-order valence-corrected chi connectivity index (χ1v) is 10.9. The van der Waals surface area contributed by atoms with Crippen molar-refractivity contribution >= 4 is 32.2 Å². The molecule has 0 spiro atoms. The molecule has 0 fully saturated rings. The van der Waals surface area contributed by atoms with Crippen molar-refractivity contribution in [1.82, 2.24) is 4.98 Å². The summed E-state index contributed by atoms with van der Waals surface area (Å²) in [5, 5.41) is 4.89. The van der Waals surface area contributed by atoms with Crippen molar-refractivity contribution in [3.05, 3.63) is 53.4 Å². The minimum atomic E-state index is -3.39. The summed E-state index contributed by atoms with van der Waals surface area (Å²) in [5.74, 6) is 0.826. The van der Waals surface area contributed by atoms with Gasteiger partial charge in [-0.1, -0.05) is 6.07 Å². The quantitative estimate of drug-likeness (QED) is 0.659. The summed E-state index contributed by atoms with van der Waals surface area (Å²) in [7, 11) is -0.263. The number of benzene rings is 2. The van der Waals surface area contributed by atoms with Crippen LogP contribution in [-0.2, 0) is 9.84 Å². The number of nitrogens with one attached hydrogen (secondary N) is 1. The Hall–Kier alpha value is -2.91. The Kier molecular flexibility index (Phi) is 5.66. The van der Waals surface area contributed by atoms with Crippen LogP contribution >= 0.6 is 11.3 Å². The summed E-state index contributed by atoms with van der Waals surface area (Å²) >= 11 is 1.26. The van der Waals surface area contributed by atoms with Crippen LogP contribution in [-0.4, -0.2) is 39.8 Å². The first-order valence-electron chi connectivity index (χ1n) is 8.11. The highest BCUT2D eigenvalue weighted by Crippen LogP contribution is 2.34. The molecule has 0 radical (unpaired) electrons. The second kappa shape index (κ2) is 7.99. The van der Waals surface area contributed by atoms with Gasteiger partial charge in [-0.15, -0.1) is 11.3 Å². The first kappa shape index (κ1) is 19.8. The zero-order valence-electron chi connectivity index (χ0n) is 15.4. The minimum absolute atomic E-state index is 0.0861. The van der Waals surface area contributed by atoms with Gasteiger partial charge in [0.1, 0.15) is 11.5 Å².